The molecule has 0 atom stereocenters. The number of amides is 2. The summed E-state index contributed by atoms with van der Waals surface area (Å²) < 4.78 is 0. The highest BCUT2D eigenvalue weighted by atomic mass is 35.5. The van der Waals surface area contributed by atoms with E-state index in [1.165, 1.54) is 0 Å². The molecule has 4 N–H and O–H groups in total. The highest BCUT2D eigenvalue weighted by molar-refractivity contribution is 6.33. The lowest BCUT2D eigenvalue weighted by Gasteiger charge is -2.09. The topological polar surface area (TPSA) is 80.0 Å². The van der Waals surface area contributed by atoms with Gasteiger partial charge < -0.3 is 11.1 Å². The molecule has 0 aliphatic heterocycles. The average molecular weight is 263 g/mol. The SMILES string of the molecule is Nc1cccnc1NC(=O)Nc1ccccc1Cl. The Kier molecular flexibility index (Phi) is 3.64. The van der Waals surface area contributed by atoms with Crippen LogP contribution in [0.15, 0.2) is 42.6 Å². The third-order valence-corrected chi connectivity index (χ3v) is 2.52. The van der Waals surface area contributed by atoms with E-state index in [-0.39, 0.29) is 0 Å². The van der Waals surface area contributed by atoms with Gasteiger partial charge in [0, 0.05) is 6.20 Å². The molecule has 5 nitrogen and oxygen atoms in total. The van der Waals surface area contributed by atoms with Crippen molar-refractivity contribution in [2.45, 2.75) is 0 Å². The number of para-hydroxylation sites is 1. The second-order valence-corrected chi connectivity index (χ2v) is 3.91. The van der Waals surface area contributed by atoms with E-state index in [0.29, 0.717) is 22.2 Å². The van der Waals surface area contributed by atoms with Crippen LogP contribution in [0.2, 0.25) is 5.02 Å². The molecule has 2 amide bonds. The van der Waals surface area contributed by atoms with Crippen LogP contribution >= 0.6 is 11.6 Å². The summed E-state index contributed by atoms with van der Waals surface area (Å²) in [4.78, 5) is 15.7. The lowest BCUT2D eigenvalue weighted by Crippen LogP contribution is -2.21. The Labute approximate surface area is 109 Å². The third kappa shape index (κ3) is 2.89. The fourth-order valence-corrected chi connectivity index (χ4v) is 1.53. The molecule has 0 saturated heterocycles. The van der Waals surface area contributed by atoms with Gasteiger partial charge in [-0.2, -0.15) is 0 Å². The molecule has 0 unspecified atom stereocenters. The van der Waals surface area contributed by atoms with E-state index in [1.54, 1.807) is 42.6 Å². The van der Waals surface area contributed by atoms with Crippen molar-refractivity contribution in [3.63, 3.8) is 0 Å². The summed E-state index contributed by atoms with van der Waals surface area (Å²) in [5, 5.41) is 5.61. The van der Waals surface area contributed by atoms with Gasteiger partial charge >= 0.3 is 6.03 Å². The van der Waals surface area contributed by atoms with E-state index in [9.17, 15) is 4.79 Å². The molecule has 92 valence electrons. The van der Waals surface area contributed by atoms with Gasteiger partial charge in [-0.1, -0.05) is 23.7 Å². The first-order valence-corrected chi connectivity index (χ1v) is 5.57. The number of rotatable bonds is 2. The molecule has 0 aliphatic rings. The number of nitrogens with two attached hydrogens (primary N) is 1. The summed E-state index contributed by atoms with van der Waals surface area (Å²) in [7, 11) is 0. The minimum atomic E-state index is -0.450. The maximum atomic E-state index is 11.7. The van der Waals surface area contributed by atoms with Crippen molar-refractivity contribution < 1.29 is 4.79 Å². The van der Waals surface area contributed by atoms with Crippen LogP contribution in [0.4, 0.5) is 22.0 Å². The molecule has 0 radical (unpaired) electrons. The molecular weight excluding hydrogens is 252 g/mol. The number of nitrogens with zero attached hydrogens (tertiary/aromatic N) is 1. The number of aromatic nitrogens is 1. The van der Waals surface area contributed by atoms with Crippen LogP contribution in [-0.4, -0.2) is 11.0 Å². The van der Waals surface area contributed by atoms with Gasteiger partial charge in [-0.15, -0.1) is 0 Å². The van der Waals surface area contributed by atoms with Crippen LogP contribution in [0.1, 0.15) is 0 Å². The van der Waals surface area contributed by atoms with Gasteiger partial charge in [0.15, 0.2) is 5.82 Å². The predicted octanol–water partition coefficient (Wildman–Crippen LogP) is 2.96. The number of nitrogens with one attached hydrogen (secondary N) is 2. The van der Waals surface area contributed by atoms with E-state index < -0.39 is 6.03 Å². The summed E-state index contributed by atoms with van der Waals surface area (Å²) in [6, 6.07) is 9.83. The minimum Gasteiger partial charge on any atom is -0.396 e. The number of carbonyl (C=O) groups is 1. The lowest BCUT2D eigenvalue weighted by atomic mass is 10.3. The minimum absolute atomic E-state index is 0.307. The molecule has 2 aromatic rings. The number of benzene rings is 1. The normalized spacial score (nSPS) is 9.83. The van der Waals surface area contributed by atoms with Crippen molar-refractivity contribution in [3.8, 4) is 0 Å². The fraction of sp³-hybridized carbons (Fsp3) is 0. The van der Waals surface area contributed by atoms with Crippen LogP contribution in [-0.2, 0) is 0 Å². The molecule has 0 bridgehead atoms. The maximum Gasteiger partial charge on any atom is 0.324 e. The molecular formula is C12H11ClN4O. The second-order valence-electron chi connectivity index (χ2n) is 3.50. The molecule has 0 saturated carbocycles. The molecule has 0 aliphatic carbocycles. The van der Waals surface area contributed by atoms with Crippen molar-refractivity contribution >= 4 is 34.8 Å². The number of nitrogen functional groups attached to an aromatic ring is 1. The Bertz CT molecular complexity index is 524. The number of anilines is 3. The fourth-order valence-electron chi connectivity index (χ4n) is 1.35. The zero-order valence-electron chi connectivity index (χ0n) is 9.35. The molecule has 18 heavy (non-hydrogen) atoms. The van der Waals surface area contributed by atoms with Crippen LogP contribution in [0.3, 0.4) is 0 Å². The number of hydrogen-bond donors (Lipinski definition) is 3. The predicted molar refractivity (Wildman–Crippen MR) is 72.7 cm³/mol. The lowest BCUT2D eigenvalue weighted by molar-refractivity contribution is 0.262. The third-order valence-electron chi connectivity index (χ3n) is 2.19. The van der Waals surface area contributed by atoms with Crippen LogP contribution in [0.25, 0.3) is 0 Å². The molecule has 2 rings (SSSR count). The van der Waals surface area contributed by atoms with Crippen molar-refractivity contribution in [1.29, 1.82) is 0 Å². The largest absolute Gasteiger partial charge is 0.396 e. The van der Waals surface area contributed by atoms with Gasteiger partial charge in [0.25, 0.3) is 0 Å². The van der Waals surface area contributed by atoms with Gasteiger partial charge in [0.05, 0.1) is 16.4 Å². The van der Waals surface area contributed by atoms with E-state index >= 15 is 0 Å². The Morgan fingerprint density at radius 2 is 1.94 bits per heavy atom. The molecule has 1 aromatic heterocycles. The summed E-state index contributed by atoms with van der Waals surface area (Å²) in [5.41, 5.74) is 6.58. The van der Waals surface area contributed by atoms with E-state index in [1.807, 2.05) is 0 Å². The Hall–Kier alpha value is -2.27. The Balaban J connectivity index is 2.06. The number of pyridine rings is 1. The average Bonchev–Trinajstić information content (AvgIpc) is 2.35. The Morgan fingerprint density at radius 3 is 2.67 bits per heavy atom. The Morgan fingerprint density at radius 1 is 1.17 bits per heavy atom. The smallest absolute Gasteiger partial charge is 0.324 e. The number of urea groups is 1. The first-order chi connectivity index (χ1) is 8.66. The monoisotopic (exact) mass is 262 g/mol. The van der Waals surface area contributed by atoms with Gasteiger partial charge in [0.2, 0.25) is 0 Å². The molecule has 1 heterocycles. The number of carbonyl (C=O) groups excluding carboxylic acids is 1. The summed E-state index contributed by atoms with van der Waals surface area (Å²) in [5.74, 6) is 0.307. The van der Waals surface area contributed by atoms with Crippen molar-refractivity contribution in [2.24, 2.45) is 0 Å². The molecule has 0 spiro atoms. The van der Waals surface area contributed by atoms with Gasteiger partial charge in [-0.3, -0.25) is 5.32 Å². The van der Waals surface area contributed by atoms with E-state index in [4.69, 9.17) is 17.3 Å². The van der Waals surface area contributed by atoms with Gasteiger partial charge in [-0.25, -0.2) is 9.78 Å². The number of halogens is 1. The molecule has 0 fully saturated rings. The zero-order valence-corrected chi connectivity index (χ0v) is 10.1. The maximum absolute atomic E-state index is 11.7. The summed E-state index contributed by atoms with van der Waals surface area (Å²) in [6.45, 7) is 0. The highest BCUT2D eigenvalue weighted by Gasteiger charge is 2.07. The first kappa shape index (κ1) is 12.2. The van der Waals surface area contributed by atoms with Crippen LogP contribution in [0.5, 0.6) is 0 Å². The highest BCUT2D eigenvalue weighted by Crippen LogP contribution is 2.21. The van der Waals surface area contributed by atoms with Gasteiger partial charge in [-0.05, 0) is 24.3 Å². The first-order valence-electron chi connectivity index (χ1n) is 5.20. The van der Waals surface area contributed by atoms with Crippen molar-refractivity contribution in [1.82, 2.24) is 4.98 Å². The molecule has 6 heteroatoms. The van der Waals surface area contributed by atoms with Crippen LogP contribution in [0, 0.1) is 0 Å². The van der Waals surface area contributed by atoms with Crippen molar-refractivity contribution in [2.75, 3.05) is 16.4 Å². The van der Waals surface area contributed by atoms with E-state index in [2.05, 4.69) is 15.6 Å². The van der Waals surface area contributed by atoms with Gasteiger partial charge in [0.1, 0.15) is 0 Å². The van der Waals surface area contributed by atoms with E-state index in [0.717, 1.165) is 0 Å². The van der Waals surface area contributed by atoms with Crippen LogP contribution < -0.4 is 16.4 Å². The summed E-state index contributed by atoms with van der Waals surface area (Å²) in [6.07, 6.45) is 1.54. The quantitative estimate of drug-likeness (QED) is 0.778. The summed E-state index contributed by atoms with van der Waals surface area (Å²) >= 11 is 5.92. The second kappa shape index (κ2) is 5.37. The number of hydrogen-bond acceptors (Lipinski definition) is 3. The zero-order chi connectivity index (χ0) is 13.0. The van der Waals surface area contributed by atoms with Crippen molar-refractivity contribution in [3.05, 3.63) is 47.6 Å². The molecule has 1 aromatic carbocycles. The standard InChI is InChI=1S/C12H11ClN4O/c13-8-4-1-2-6-10(8)16-12(18)17-11-9(14)5-3-7-15-11/h1-7H,14H2,(H2,15,16,17,18).